The van der Waals surface area contributed by atoms with Crippen molar-refractivity contribution < 1.29 is 9.53 Å². The van der Waals surface area contributed by atoms with E-state index in [0.717, 1.165) is 12.0 Å². The lowest BCUT2D eigenvalue weighted by Crippen LogP contribution is -2.33. The summed E-state index contributed by atoms with van der Waals surface area (Å²) < 4.78 is 4.96. The maximum atomic E-state index is 11.8. The highest BCUT2D eigenvalue weighted by Crippen LogP contribution is 2.04. The molecule has 0 fully saturated rings. The van der Waals surface area contributed by atoms with Crippen LogP contribution in [0.1, 0.15) is 29.3 Å². The first-order chi connectivity index (χ1) is 8.17. The maximum Gasteiger partial charge on any atom is 0.251 e. The standard InChI is InChI=1S/C13H20N2O2/c1-10(7-8-17-2)15-13(16)12-5-3-11(9-14)4-6-12/h3-6,10H,7-9,14H2,1-2H3,(H,15,16). The molecule has 94 valence electrons. The van der Waals surface area contributed by atoms with E-state index in [1.807, 2.05) is 19.1 Å². The Kier molecular flexibility index (Phi) is 5.66. The minimum absolute atomic E-state index is 0.0582. The Balaban J connectivity index is 2.51. The fraction of sp³-hybridized carbons (Fsp3) is 0.462. The number of nitrogens with two attached hydrogens (primary N) is 1. The van der Waals surface area contributed by atoms with E-state index in [4.69, 9.17) is 10.5 Å². The molecule has 0 aliphatic carbocycles. The Morgan fingerprint density at radius 1 is 1.41 bits per heavy atom. The SMILES string of the molecule is COCCC(C)NC(=O)c1ccc(CN)cc1. The van der Waals surface area contributed by atoms with E-state index < -0.39 is 0 Å². The molecule has 17 heavy (non-hydrogen) atoms. The number of nitrogens with one attached hydrogen (secondary N) is 1. The van der Waals surface area contributed by atoms with Crippen LogP contribution in [-0.2, 0) is 11.3 Å². The first-order valence-electron chi connectivity index (χ1n) is 5.76. The van der Waals surface area contributed by atoms with Crippen molar-refractivity contribution in [2.75, 3.05) is 13.7 Å². The summed E-state index contributed by atoms with van der Waals surface area (Å²) in [5, 5.41) is 2.92. The average molecular weight is 236 g/mol. The summed E-state index contributed by atoms with van der Waals surface area (Å²) in [4.78, 5) is 11.8. The van der Waals surface area contributed by atoms with Crippen molar-refractivity contribution in [3.63, 3.8) is 0 Å². The van der Waals surface area contributed by atoms with E-state index in [1.165, 1.54) is 0 Å². The molecule has 0 radical (unpaired) electrons. The summed E-state index contributed by atoms with van der Waals surface area (Å²) in [7, 11) is 1.65. The van der Waals surface area contributed by atoms with Gasteiger partial charge in [0.25, 0.3) is 5.91 Å². The second-order valence-electron chi connectivity index (χ2n) is 4.06. The zero-order chi connectivity index (χ0) is 12.7. The molecule has 4 heteroatoms. The van der Waals surface area contributed by atoms with Crippen LogP contribution in [0.25, 0.3) is 0 Å². The molecule has 4 nitrogen and oxygen atoms in total. The van der Waals surface area contributed by atoms with E-state index in [9.17, 15) is 4.79 Å². The molecule has 1 amide bonds. The molecule has 1 unspecified atom stereocenters. The summed E-state index contributed by atoms with van der Waals surface area (Å²) in [5.74, 6) is -0.0582. The molecule has 0 spiro atoms. The van der Waals surface area contributed by atoms with Gasteiger partial charge in [0.1, 0.15) is 0 Å². The number of benzene rings is 1. The highest BCUT2D eigenvalue weighted by atomic mass is 16.5. The molecule has 0 aliphatic heterocycles. The molecule has 0 heterocycles. The fourth-order valence-electron chi connectivity index (χ4n) is 1.47. The number of ether oxygens (including phenoxy) is 1. The molecular weight excluding hydrogens is 216 g/mol. The van der Waals surface area contributed by atoms with Crippen molar-refractivity contribution in [2.45, 2.75) is 25.9 Å². The topological polar surface area (TPSA) is 64.3 Å². The van der Waals surface area contributed by atoms with E-state index in [1.54, 1.807) is 19.2 Å². The number of carbonyl (C=O) groups is 1. The fourth-order valence-corrected chi connectivity index (χ4v) is 1.47. The van der Waals surface area contributed by atoms with Crippen LogP contribution in [0.2, 0.25) is 0 Å². The van der Waals surface area contributed by atoms with Gasteiger partial charge >= 0.3 is 0 Å². The lowest BCUT2D eigenvalue weighted by Gasteiger charge is -2.13. The first kappa shape index (κ1) is 13.7. The van der Waals surface area contributed by atoms with Crippen molar-refractivity contribution in [3.8, 4) is 0 Å². The van der Waals surface area contributed by atoms with Gasteiger partial charge in [-0.3, -0.25) is 4.79 Å². The minimum atomic E-state index is -0.0582. The summed E-state index contributed by atoms with van der Waals surface area (Å²) in [5.41, 5.74) is 7.18. The third-order valence-electron chi connectivity index (χ3n) is 2.58. The molecule has 0 aromatic heterocycles. The second-order valence-corrected chi connectivity index (χ2v) is 4.06. The molecule has 1 rings (SSSR count). The van der Waals surface area contributed by atoms with Gasteiger partial charge in [0.05, 0.1) is 0 Å². The second kappa shape index (κ2) is 7.04. The smallest absolute Gasteiger partial charge is 0.251 e. The highest BCUT2D eigenvalue weighted by molar-refractivity contribution is 5.94. The molecule has 1 aromatic rings. The molecule has 1 atom stereocenters. The monoisotopic (exact) mass is 236 g/mol. The number of carbonyl (C=O) groups excluding carboxylic acids is 1. The van der Waals surface area contributed by atoms with Crippen LogP contribution in [0.15, 0.2) is 24.3 Å². The van der Waals surface area contributed by atoms with Crippen LogP contribution < -0.4 is 11.1 Å². The van der Waals surface area contributed by atoms with E-state index in [-0.39, 0.29) is 11.9 Å². The highest BCUT2D eigenvalue weighted by Gasteiger charge is 2.09. The third kappa shape index (κ3) is 4.54. The maximum absolute atomic E-state index is 11.8. The lowest BCUT2D eigenvalue weighted by molar-refractivity contribution is 0.0929. The van der Waals surface area contributed by atoms with Gasteiger partial charge in [0.15, 0.2) is 0 Å². The van der Waals surface area contributed by atoms with Gasteiger partial charge in [-0.15, -0.1) is 0 Å². The Morgan fingerprint density at radius 2 is 2.06 bits per heavy atom. The quantitative estimate of drug-likeness (QED) is 0.782. The zero-order valence-electron chi connectivity index (χ0n) is 10.4. The molecule has 0 saturated heterocycles. The normalized spacial score (nSPS) is 12.2. The van der Waals surface area contributed by atoms with Crippen molar-refractivity contribution in [2.24, 2.45) is 5.73 Å². The van der Waals surface area contributed by atoms with Crippen molar-refractivity contribution in [3.05, 3.63) is 35.4 Å². The van der Waals surface area contributed by atoms with Crippen LogP contribution in [-0.4, -0.2) is 25.7 Å². The Morgan fingerprint density at radius 3 is 2.59 bits per heavy atom. The molecule has 3 N–H and O–H groups in total. The largest absolute Gasteiger partial charge is 0.385 e. The van der Waals surface area contributed by atoms with E-state index in [0.29, 0.717) is 18.7 Å². The van der Waals surface area contributed by atoms with Crippen molar-refractivity contribution in [1.82, 2.24) is 5.32 Å². The molecule has 0 aliphatic rings. The van der Waals surface area contributed by atoms with Gasteiger partial charge in [-0.25, -0.2) is 0 Å². The van der Waals surface area contributed by atoms with Gasteiger partial charge in [-0.05, 0) is 31.0 Å². The van der Waals surface area contributed by atoms with E-state index >= 15 is 0 Å². The lowest BCUT2D eigenvalue weighted by atomic mass is 10.1. The van der Waals surface area contributed by atoms with Crippen molar-refractivity contribution in [1.29, 1.82) is 0 Å². The van der Waals surface area contributed by atoms with Gasteiger partial charge in [-0.2, -0.15) is 0 Å². The van der Waals surface area contributed by atoms with Crippen LogP contribution in [0.3, 0.4) is 0 Å². The molecule has 1 aromatic carbocycles. The van der Waals surface area contributed by atoms with Crippen molar-refractivity contribution >= 4 is 5.91 Å². The Bertz CT molecular complexity index is 349. The Hall–Kier alpha value is -1.39. The summed E-state index contributed by atoms with van der Waals surface area (Å²) in [6.45, 7) is 3.10. The Labute approximate surface area is 102 Å². The first-order valence-corrected chi connectivity index (χ1v) is 5.76. The molecule has 0 saturated carbocycles. The van der Waals surface area contributed by atoms with Crippen LogP contribution >= 0.6 is 0 Å². The van der Waals surface area contributed by atoms with Crippen LogP contribution in [0.5, 0.6) is 0 Å². The van der Waals surface area contributed by atoms with Crippen LogP contribution in [0, 0.1) is 0 Å². The van der Waals surface area contributed by atoms with Gasteiger partial charge in [0.2, 0.25) is 0 Å². The van der Waals surface area contributed by atoms with Gasteiger partial charge in [-0.1, -0.05) is 12.1 Å². The third-order valence-corrected chi connectivity index (χ3v) is 2.58. The summed E-state index contributed by atoms with van der Waals surface area (Å²) >= 11 is 0. The van der Waals surface area contributed by atoms with Gasteiger partial charge in [0, 0.05) is 31.9 Å². The number of rotatable bonds is 6. The molecule has 0 bridgehead atoms. The summed E-state index contributed by atoms with van der Waals surface area (Å²) in [6.07, 6.45) is 0.809. The predicted molar refractivity (Wildman–Crippen MR) is 67.8 cm³/mol. The number of methoxy groups -OCH3 is 1. The average Bonchev–Trinajstić information content (AvgIpc) is 2.36. The number of hydrogen-bond acceptors (Lipinski definition) is 3. The summed E-state index contributed by atoms with van der Waals surface area (Å²) in [6, 6.07) is 7.43. The number of hydrogen-bond donors (Lipinski definition) is 2. The minimum Gasteiger partial charge on any atom is -0.385 e. The predicted octanol–water partition coefficient (Wildman–Crippen LogP) is 1.30. The zero-order valence-corrected chi connectivity index (χ0v) is 10.4. The van der Waals surface area contributed by atoms with Gasteiger partial charge < -0.3 is 15.8 Å². The van der Waals surface area contributed by atoms with E-state index in [2.05, 4.69) is 5.32 Å². The van der Waals surface area contributed by atoms with Crippen LogP contribution in [0.4, 0.5) is 0 Å². The molecular formula is C13H20N2O2. The number of amides is 1.